The molecule has 2 aliphatic carbocycles. The summed E-state index contributed by atoms with van der Waals surface area (Å²) in [6.07, 6.45) is 9.85. The summed E-state index contributed by atoms with van der Waals surface area (Å²) in [6.45, 7) is 11.3. The van der Waals surface area contributed by atoms with Gasteiger partial charge in [0, 0.05) is 5.69 Å². The van der Waals surface area contributed by atoms with Crippen LogP contribution in [-0.4, -0.2) is 20.9 Å². The lowest BCUT2D eigenvalue weighted by Gasteiger charge is -2.41. The molecule has 2 aromatic rings. The number of amides is 1. The largest absolute Gasteiger partial charge is 0.324 e. The molecule has 5 nitrogen and oxygen atoms in total. The third kappa shape index (κ3) is 3.98. The maximum atomic E-state index is 12.3. The number of hydrogen-bond acceptors (Lipinski definition) is 3. The molecule has 2 aliphatic rings. The molecule has 1 aromatic carbocycles. The van der Waals surface area contributed by atoms with Gasteiger partial charge in [0.05, 0.1) is 6.20 Å². The van der Waals surface area contributed by atoms with E-state index in [9.17, 15) is 4.79 Å². The summed E-state index contributed by atoms with van der Waals surface area (Å²) >= 11 is 0. The van der Waals surface area contributed by atoms with Gasteiger partial charge >= 0.3 is 0 Å². The van der Waals surface area contributed by atoms with Gasteiger partial charge in [-0.05, 0) is 74.0 Å². The third-order valence-corrected chi connectivity index (χ3v) is 7.04. The molecule has 2 atom stereocenters. The van der Waals surface area contributed by atoms with Crippen LogP contribution < -0.4 is 5.32 Å². The molecule has 0 saturated heterocycles. The molecule has 0 radical (unpaired) electrons. The monoisotopic (exact) mass is 404 g/mol. The van der Waals surface area contributed by atoms with Crippen molar-refractivity contribution in [1.82, 2.24) is 15.0 Å². The number of anilines is 1. The molecule has 0 bridgehead atoms. The highest BCUT2D eigenvalue weighted by molar-refractivity contribution is 5.90. The number of carbonyl (C=O) groups is 1. The van der Waals surface area contributed by atoms with E-state index in [1.807, 2.05) is 37.4 Å². The summed E-state index contributed by atoms with van der Waals surface area (Å²) in [7, 11) is 0. The number of aromatic nitrogens is 3. The fraction of sp³-hybridized carbons (Fsp3) is 0.480. The van der Waals surface area contributed by atoms with E-state index in [4.69, 9.17) is 0 Å². The number of carbonyl (C=O) groups excluding carboxylic acids is 1. The molecule has 5 heteroatoms. The smallest absolute Gasteiger partial charge is 0.246 e. The Bertz CT molecular complexity index is 969. The zero-order chi connectivity index (χ0) is 21.3. The molecule has 4 rings (SSSR count). The van der Waals surface area contributed by atoms with Gasteiger partial charge in [0.2, 0.25) is 5.91 Å². The number of benzene rings is 1. The first kappa shape index (κ1) is 20.6. The average molecular weight is 405 g/mol. The van der Waals surface area contributed by atoms with Crippen molar-refractivity contribution in [2.24, 2.45) is 17.3 Å². The minimum atomic E-state index is -0.103. The minimum absolute atomic E-state index is 0.103. The molecular formula is C25H32N4O. The lowest BCUT2D eigenvalue weighted by Crippen LogP contribution is -2.31. The summed E-state index contributed by atoms with van der Waals surface area (Å²) in [5, 5.41) is 11.4. The second-order valence-corrected chi connectivity index (χ2v) is 9.30. The van der Waals surface area contributed by atoms with Crippen molar-refractivity contribution in [3.8, 4) is 0 Å². The van der Waals surface area contributed by atoms with Gasteiger partial charge in [-0.2, -0.15) is 0 Å². The minimum Gasteiger partial charge on any atom is -0.324 e. The summed E-state index contributed by atoms with van der Waals surface area (Å²) in [6, 6.07) is 7.77. The number of allylic oxidation sites excluding steroid dienone is 3. The van der Waals surface area contributed by atoms with Crippen LogP contribution in [-0.2, 0) is 11.3 Å². The Morgan fingerprint density at radius 2 is 2.07 bits per heavy atom. The van der Waals surface area contributed by atoms with Gasteiger partial charge in [-0.25, -0.2) is 4.68 Å². The molecule has 1 aromatic heterocycles. The Balaban J connectivity index is 1.41. The second-order valence-electron chi connectivity index (χ2n) is 9.30. The first-order valence-corrected chi connectivity index (χ1v) is 11.0. The van der Waals surface area contributed by atoms with Crippen molar-refractivity contribution in [2.45, 2.75) is 59.4 Å². The van der Waals surface area contributed by atoms with Gasteiger partial charge in [0.1, 0.15) is 12.2 Å². The van der Waals surface area contributed by atoms with Crippen LogP contribution in [0.25, 0.3) is 5.57 Å². The SMILES string of the molecule is C=C1CC[C@@H](C(C)C)[C@]12CC=C(c1cn(CC(=O)Nc3ccc(C)cc3)nn1)CC2. The molecular weight excluding hydrogens is 372 g/mol. The van der Waals surface area contributed by atoms with Gasteiger partial charge in [0.25, 0.3) is 0 Å². The van der Waals surface area contributed by atoms with Crippen LogP contribution >= 0.6 is 0 Å². The van der Waals surface area contributed by atoms with Crippen molar-refractivity contribution in [2.75, 3.05) is 5.32 Å². The Hall–Kier alpha value is -2.69. The Labute approximate surface area is 179 Å². The number of aryl methyl sites for hydroxylation is 1. The molecule has 1 fully saturated rings. The number of hydrogen-bond donors (Lipinski definition) is 1. The van der Waals surface area contributed by atoms with Crippen molar-refractivity contribution in [3.05, 3.63) is 59.9 Å². The predicted octanol–water partition coefficient (Wildman–Crippen LogP) is 5.40. The topological polar surface area (TPSA) is 59.8 Å². The maximum absolute atomic E-state index is 12.3. The normalized spacial score (nSPS) is 23.8. The van der Waals surface area contributed by atoms with Crippen molar-refractivity contribution >= 4 is 17.2 Å². The predicted molar refractivity (Wildman–Crippen MR) is 121 cm³/mol. The lowest BCUT2D eigenvalue weighted by atomic mass is 9.63. The van der Waals surface area contributed by atoms with E-state index >= 15 is 0 Å². The first-order chi connectivity index (χ1) is 14.4. The second kappa shape index (κ2) is 8.21. The molecule has 1 amide bonds. The Morgan fingerprint density at radius 3 is 2.73 bits per heavy atom. The highest BCUT2D eigenvalue weighted by atomic mass is 16.2. The number of nitrogens with zero attached hydrogens (tertiary/aromatic N) is 3. The Morgan fingerprint density at radius 1 is 1.30 bits per heavy atom. The molecule has 158 valence electrons. The summed E-state index contributed by atoms with van der Waals surface area (Å²) < 4.78 is 1.62. The zero-order valence-electron chi connectivity index (χ0n) is 18.3. The zero-order valence-corrected chi connectivity index (χ0v) is 18.3. The van der Waals surface area contributed by atoms with Crippen LogP contribution in [0.4, 0.5) is 5.69 Å². The van der Waals surface area contributed by atoms with Crippen LogP contribution in [0.3, 0.4) is 0 Å². The quantitative estimate of drug-likeness (QED) is 0.679. The summed E-state index contributed by atoms with van der Waals surface area (Å²) in [4.78, 5) is 12.3. The summed E-state index contributed by atoms with van der Waals surface area (Å²) in [5.74, 6) is 1.31. The lowest BCUT2D eigenvalue weighted by molar-refractivity contribution is -0.116. The van der Waals surface area contributed by atoms with E-state index in [1.165, 1.54) is 17.6 Å². The Kier molecular flexibility index (Phi) is 5.63. The molecule has 1 N–H and O–H groups in total. The van der Waals surface area contributed by atoms with Crippen molar-refractivity contribution in [3.63, 3.8) is 0 Å². The molecule has 0 unspecified atom stereocenters. The van der Waals surface area contributed by atoms with Gasteiger partial charge in [0.15, 0.2) is 0 Å². The van der Waals surface area contributed by atoms with E-state index in [0.717, 1.165) is 48.5 Å². The molecule has 1 heterocycles. The fourth-order valence-electron chi connectivity index (χ4n) is 5.35. The maximum Gasteiger partial charge on any atom is 0.246 e. The van der Waals surface area contributed by atoms with Crippen molar-refractivity contribution < 1.29 is 4.79 Å². The van der Waals surface area contributed by atoms with E-state index in [0.29, 0.717) is 5.92 Å². The van der Waals surface area contributed by atoms with Gasteiger partial charge in [-0.1, -0.05) is 55.0 Å². The van der Waals surface area contributed by atoms with E-state index in [-0.39, 0.29) is 17.9 Å². The van der Waals surface area contributed by atoms with Crippen molar-refractivity contribution in [1.29, 1.82) is 0 Å². The van der Waals surface area contributed by atoms with Gasteiger partial charge in [-0.3, -0.25) is 4.79 Å². The fourth-order valence-corrected chi connectivity index (χ4v) is 5.35. The molecule has 30 heavy (non-hydrogen) atoms. The van der Waals surface area contributed by atoms with Crippen LogP contribution in [0.15, 0.2) is 48.7 Å². The van der Waals surface area contributed by atoms with Crippen LogP contribution in [0.5, 0.6) is 0 Å². The third-order valence-electron chi connectivity index (χ3n) is 7.04. The standard InChI is InChI=1S/C25H32N4O/c1-17(2)22-10-7-19(4)25(22)13-11-20(12-14-25)23-15-29(28-27-23)16-24(30)26-21-8-5-18(3)6-9-21/h5-6,8-9,11,15,17,22H,4,7,10,12-14,16H2,1-3H3,(H,26,30)/t22-,25-/m0/s1. The van der Waals surface area contributed by atoms with Crippen LogP contribution in [0, 0.1) is 24.2 Å². The van der Waals surface area contributed by atoms with Crippen LogP contribution in [0.2, 0.25) is 0 Å². The highest BCUT2D eigenvalue weighted by Crippen LogP contribution is 2.57. The molecule has 1 spiro atoms. The molecule has 1 saturated carbocycles. The van der Waals surface area contributed by atoms with E-state index in [1.54, 1.807) is 4.68 Å². The summed E-state index contributed by atoms with van der Waals surface area (Å²) in [5.41, 5.74) is 5.79. The van der Waals surface area contributed by atoms with E-state index in [2.05, 4.69) is 42.1 Å². The van der Waals surface area contributed by atoms with Crippen LogP contribution in [0.1, 0.15) is 57.2 Å². The number of nitrogens with one attached hydrogen (secondary N) is 1. The van der Waals surface area contributed by atoms with Gasteiger partial charge in [-0.15, -0.1) is 5.10 Å². The molecule has 0 aliphatic heterocycles. The van der Waals surface area contributed by atoms with Gasteiger partial charge < -0.3 is 5.32 Å². The average Bonchev–Trinajstić information content (AvgIpc) is 3.30. The first-order valence-electron chi connectivity index (χ1n) is 11.0. The number of rotatable bonds is 5. The highest BCUT2D eigenvalue weighted by Gasteiger charge is 2.46. The van der Waals surface area contributed by atoms with E-state index < -0.39 is 0 Å².